The Balaban J connectivity index is 2.03. The van der Waals surface area contributed by atoms with Crippen LogP contribution in [0, 0.1) is 6.92 Å². The fraction of sp³-hybridized carbons (Fsp3) is 0.0769. The predicted octanol–water partition coefficient (Wildman–Crippen LogP) is 6.76. The summed E-state index contributed by atoms with van der Waals surface area (Å²) in [7, 11) is 0. The van der Waals surface area contributed by atoms with Crippen molar-refractivity contribution in [1.29, 1.82) is 0 Å². The summed E-state index contributed by atoms with van der Waals surface area (Å²) in [6.07, 6.45) is -3.70. The summed E-state index contributed by atoms with van der Waals surface area (Å²) in [6.45, 7) is -1.98. The smallest absolute Gasteiger partial charge is 0.422 e. The molecule has 5 nitrogen and oxygen atoms in total. The first-order valence-electron chi connectivity index (χ1n) is 6.18. The van der Waals surface area contributed by atoms with Gasteiger partial charge in [0.2, 0.25) is 0 Å². The first-order valence-corrected chi connectivity index (χ1v) is 12.1. The maximum Gasteiger partial charge on any atom is 0.530 e. The maximum absolute atomic E-state index is 12.2. The largest absolute Gasteiger partial charge is 0.530 e. The van der Waals surface area contributed by atoms with Crippen LogP contribution in [0.2, 0.25) is 0 Å². The molecule has 23 heavy (non-hydrogen) atoms. The highest BCUT2D eigenvalue weighted by atomic mass is 35.9. The molecule has 0 saturated heterocycles. The van der Waals surface area contributed by atoms with Crippen LogP contribution in [0.15, 0.2) is 48.5 Å². The molecule has 0 aliphatic rings. The van der Waals surface area contributed by atoms with Gasteiger partial charge >= 0.3 is 13.0 Å². The van der Waals surface area contributed by atoms with Crippen LogP contribution in [0.3, 0.4) is 0 Å². The molecule has 1 unspecified atom stereocenters. The summed E-state index contributed by atoms with van der Waals surface area (Å²) in [5.41, 5.74) is 1.02. The van der Waals surface area contributed by atoms with Gasteiger partial charge in [-0.25, -0.2) is 9.13 Å². The number of aryl methyl sites for hydroxylation is 1. The van der Waals surface area contributed by atoms with E-state index in [0.29, 0.717) is 5.75 Å². The van der Waals surface area contributed by atoms with Crippen LogP contribution in [0.25, 0.3) is 0 Å². The van der Waals surface area contributed by atoms with Gasteiger partial charge in [-0.1, -0.05) is 17.7 Å². The SMILES string of the molecule is Cc1ccc(OP(=O)(Cl)Oc2ccc(OP(=O)(Cl)Cl)cc2)cc1. The zero-order valence-corrected chi connectivity index (χ0v) is 15.7. The molecule has 0 spiro atoms. The van der Waals surface area contributed by atoms with Crippen molar-refractivity contribution < 1.29 is 22.7 Å². The molecule has 1 atom stereocenters. The lowest BCUT2D eigenvalue weighted by atomic mass is 10.2. The fourth-order valence-electron chi connectivity index (χ4n) is 1.55. The highest BCUT2D eigenvalue weighted by Gasteiger charge is 2.25. The van der Waals surface area contributed by atoms with E-state index in [-0.39, 0.29) is 11.5 Å². The number of halogens is 3. The molecule has 0 N–H and O–H groups in total. The van der Waals surface area contributed by atoms with Crippen LogP contribution in [0.1, 0.15) is 5.56 Å². The normalized spacial score (nSPS) is 13.9. The van der Waals surface area contributed by atoms with Gasteiger partial charge in [0.1, 0.15) is 17.2 Å². The zero-order chi connectivity index (χ0) is 17.1. The summed E-state index contributed by atoms with van der Waals surface area (Å²) in [5, 5.41) is 0. The Hall–Kier alpha value is -0.830. The molecule has 0 aliphatic carbocycles. The molecule has 0 bridgehead atoms. The lowest BCUT2D eigenvalue weighted by Gasteiger charge is -2.14. The summed E-state index contributed by atoms with van der Waals surface area (Å²) < 4.78 is 38.3. The van der Waals surface area contributed by atoms with E-state index in [1.807, 2.05) is 6.92 Å². The van der Waals surface area contributed by atoms with Crippen molar-refractivity contribution in [3.8, 4) is 17.2 Å². The summed E-state index contributed by atoms with van der Waals surface area (Å²) in [5.74, 6) is 0.649. The Morgan fingerprint density at radius 1 is 0.696 bits per heavy atom. The van der Waals surface area contributed by atoms with Crippen LogP contribution >= 0.6 is 46.7 Å². The van der Waals surface area contributed by atoms with E-state index in [2.05, 4.69) is 0 Å². The second-order valence-electron chi connectivity index (χ2n) is 4.40. The third kappa shape index (κ3) is 6.66. The maximum atomic E-state index is 12.2. The molecule has 2 aromatic carbocycles. The molecule has 10 heteroatoms. The van der Waals surface area contributed by atoms with Crippen LogP contribution in [0.4, 0.5) is 0 Å². The Kier molecular flexibility index (Phi) is 5.94. The van der Waals surface area contributed by atoms with Crippen molar-refractivity contribution >= 4 is 46.7 Å². The molecule has 2 aromatic rings. The van der Waals surface area contributed by atoms with Crippen LogP contribution in [0.5, 0.6) is 17.2 Å². The molecule has 0 radical (unpaired) electrons. The summed E-state index contributed by atoms with van der Waals surface area (Å²) in [4.78, 5) is 0. The van der Waals surface area contributed by atoms with Gasteiger partial charge in [-0.15, -0.1) is 0 Å². The average Bonchev–Trinajstić information content (AvgIpc) is 2.41. The molecule has 0 aliphatic heterocycles. The topological polar surface area (TPSA) is 61.8 Å². The van der Waals surface area contributed by atoms with Crippen LogP contribution in [-0.4, -0.2) is 0 Å². The van der Waals surface area contributed by atoms with Crippen LogP contribution < -0.4 is 13.6 Å². The number of hydrogen-bond acceptors (Lipinski definition) is 5. The first kappa shape index (κ1) is 18.5. The number of hydrogen-bond donors (Lipinski definition) is 0. The molecular weight excluding hydrogens is 404 g/mol. The summed E-state index contributed by atoms with van der Waals surface area (Å²) in [6, 6.07) is 12.4. The van der Waals surface area contributed by atoms with Gasteiger partial charge in [-0.2, -0.15) is 0 Å². The van der Waals surface area contributed by atoms with Gasteiger partial charge in [0.15, 0.2) is 0 Å². The Bertz CT molecular complexity index is 758. The zero-order valence-electron chi connectivity index (χ0n) is 11.7. The van der Waals surface area contributed by atoms with Crippen molar-refractivity contribution in [3.63, 3.8) is 0 Å². The number of rotatable bonds is 6. The minimum Gasteiger partial charge on any atom is -0.422 e. The van der Waals surface area contributed by atoms with E-state index in [1.165, 1.54) is 24.3 Å². The van der Waals surface area contributed by atoms with E-state index >= 15 is 0 Å². The third-order valence-electron chi connectivity index (χ3n) is 2.49. The molecular formula is C13H11Cl3O5P2. The van der Waals surface area contributed by atoms with E-state index in [4.69, 9.17) is 47.3 Å². The van der Waals surface area contributed by atoms with Crippen molar-refractivity contribution in [2.24, 2.45) is 0 Å². The Morgan fingerprint density at radius 3 is 1.43 bits per heavy atom. The standard InChI is InChI=1S/C13H11Cl3O5P2/c1-10-2-4-12(5-3-10)20-23(16,18)21-13-8-6-11(7-9-13)19-22(14,15)17/h2-9H,1H3. The monoisotopic (exact) mass is 414 g/mol. The Labute approximate surface area is 147 Å². The van der Waals surface area contributed by atoms with Crippen molar-refractivity contribution in [1.82, 2.24) is 0 Å². The third-order valence-corrected chi connectivity index (χ3v) is 4.59. The van der Waals surface area contributed by atoms with Gasteiger partial charge < -0.3 is 13.6 Å². The average molecular weight is 416 g/mol. The second kappa shape index (κ2) is 7.38. The fourth-order valence-corrected chi connectivity index (χ4v) is 3.66. The lowest BCUT2D eigenvalue weighted by molar-refractivity contribution is 0.406. The quantitative estimate of drug-likeness (QED) is 0.488. The minimum absolute atomic E-state index is 0.162. The number of benzene rings is 2. The first-order chi connectivity index (χ1) is 10.6. The molecule has 0 fully saturated rings. The lowest BCUT2D eigenvalue weighted by Crippen LogP contribution is -1.95. The summed E-state index contributed by atoms with van der Waals surface area (Å²) >= 11 is 16.4. The van der Waals surface area contributed by atoms with E-state index in [9.17, 15) is 9.13 Å². The van der Waals surface area contributed by atoms with Gasteiger partial charge in [0.05, 0.1) is 0 Å². The predicted molar refractivity (Wildman–Crippen MR) is 92.3 cm³/mol. The Morgan fingerprint density at radius 2 is 1.04 bits per heavy atom. The molecule has 0 saturated carbocycles. The highest BCUT2D eigenvalue weighted by Crippen LogP contribution is 2.57. The van der Waals surface area contributed by atoms with E-state index in [0.717, 1.165) is 5.56 Å². The molecule has 0 aromatic heterocycles. The van der Waals surface area contributed by atoms with Gasteiger partial charge in [-0.05, 0) is 43.3 Å². The van der Waals surface area contributed by atoms with Gasteiger partial charge in [0.25, 0.3) is 0 Å². The molecule has 0 heterocycles. The van der Waals surface area contributed by atoms with Gasteiger partial charge in [0, 0.05) is 33.7 Å². The van der Waals surface area contributed by atoms with E-state index < -0.39 is 13.0 Å². The molecule has 0 amide bonds. The molecule has 124 valence electrons. The van der Waals surface area contributed by atoms with E-state index in [1.54, 1.807) is 24.3 Å². The highest BCUT2D eigenvalue weighted by molar-refractivity contribution is 8.05. The minimum atomic E-state index is -3.88. The molecule has 2 rings (SSSR count). The second-order valence-corrected chi connectivity index (χ2v) is 11.1. The van der Waals surface area contributed by atoms with Gasteiger partial charge in [-0.3, -0.25) is 0 Å². The van der Waals surface area contributed by atoms with Crippen LogP contribution in [-0.2, 0) is 9.13 Å². The van der Waals surface area contributed by atoms with Crippen molar-refractivity contribution in [2.75, 3.05) is 0 Å². The van der Waals surface area contributed by atoms with Crippen molar-refractivity contribution in [2.45, 2.75) is 6.92 Å². The van der Waals surface area contributed by atoms with Crippen molar-refractivity contribution in [3.05, 3.63) is 54.1 Å².